The lowest BCUT2D eigenvalue weighted by Crippen LogP contribution is -2.37. The van der Waals surface area contributed by atoms with Gasteiger partial charge < -0.3 is 10.4 Å². The second kappa shape index (κ2) is 4.06. The van der Waals surface area contributed by atoms with Gasteiger partial charge in [-0.3, -0.25) is 4.79 Å². The number of anilines is 1. The van der Waals surface area contributed by atoms with E-state index in [0.29, 0.717) is 5.02 Å². The van der Waals surface area contributed by atoms with Gasteiger partial charge in [0.1, 0.15) is 0 Å². The zero-order valence-corrected chi connectivity index (χ0v) is 9.14. The lowest BCUT2D eigenvalue weighted by atomic mass is 10.2. The highest BCUT2D eigenvalue weighted by Crippen LogP contribution is 2.21. The number of nitrogens with zero attached hydrogens (tertiary/aromatic N) is 1. The van der Waals surface area contributed by atoms with Gasteiger partial charge in [0.25, 0.3) is 5.91 Å². The molecule has 0 radical (unpaired) electrons. The van der Waals surface area contributed by atoms with Crippen molar-refractivity contribution < 1.29 is 19.5 Å². The van der Waals surface area contributed by atoms with Crippen molar-refractivity contribution in [3.63, 3.8) is 0 Å². The fourth-order valence-corrected chi connectivity index (χ4v) is 1.61. The number of carbonyl (C=O) groups excluding carboxylic acids is 2. The molecule has 0 aromatic heterocycles. The normalized spacial score (nSPS) is 19.4. The Morgan fingerprint density at radius 1 is 1.29 bits per heavy atom. The Labute approximate surface area is 101 Å². The molecule has 0 saturated carbocycles. The summed E-state index contributed by atoms with van der Waals surface area (Å²) in [5, 5.41) is 11.3. The van der Waals surface area contributed by atoms with E-state index in [-0.39, 0.29) is 5.69 Å². The summed E-state index contributed by atoms with van der Waals surface area (Å²) >= 11 is 5.67. The molecule has 2 rings (SSSR count). The van der Waals surface area contributed by atoms with E-state index in [2.05, 4.69) is 5.32 Å². The molecule has 2 N–H and O–H groups in total. The van der Waals surface area contributed by atoms with Crippen LogP contribution in [0, 0.1) is 0 Å². The van der Waals surface area contributed by atoms with Crippen molar-refractivity contribution in [2.24, 2.45) is 0 Å². The minimum absolute atomic E-state index is 0.278. The third-order valence-electron chi connectivity index (χ3n) is 2.27. The average Bonchev–Trinajstić information content (AvgIpc) is 2.56. The zero-order valence-electron chi connectivity index (χ0n) is 8.38. The summed E-state index contributed by atoms with van der Waals surface area (Å²) in [6.45, 7) is 0. The monoisotopic (exact) mass is 254 g/mol. The first-order valence-electron chi connectivity index (χ1n) is 4.63. The fourth-order valence-electron chi connectivity index (χ4n) is 1.48. The number of aliphatic carboxylic acids is 1. The highest BCUT2D eigenvalue weighted by Gasteiger charge is 2.43. The number of imide groups is 1. The van der Waals surface area contributed by atoms with Gasteiger partial charge >= 0.3 is 12.0 Å². The molecule has 0 spiro atoms. The Kier molecular flexibility index (Phi) is 2.72. The predicted octanol–water partition coefficient (Wildman–Crippen LogP) is 0.849. The number of carboxylic acids is 1. The lowest BCUT2D eigenvalue weighted by molar-refractivity contribution is -0.141. The summed E-state index contributed by atoms with van der Waals surface area (Å²) in [6.07, 6.45) is 0. The van der Waals surface area contributed by atoms with Gasteiger partial charge in [-0.25, -0.2) is 14.5 Å². The van der Waals surface area contributed by atoms with Crippen LogP contribution in [0.5, 0.6) is 0 Å². The number of hydrogen-bond donors (Lipinski definition) is 2. The number of benzene rings is 1. The molecule has 3 amide bonds. The Hall–Kier alpha value is -2.08. The van der Waals surface area contributed by atoms with Gasteiger partial charge in [0.15, 0.2) is 0 Å². The molecule has 88 valence electrons. The first-order chi connectivity index (χ1) is 8.00. The second-order valence-electron chi connectivity index (χ2n) is 3.37. The third kappa shape index (κ3) is 1.94. The first-order valence-corrected chi connectivity index (χ1v) is 5.01. The molecule has 1 fully saturated rings. The predicted molar refractivity (Wildman–Crippen MR) is 58.9 cm³/mol. The van der Waals surface area contributed by atoms with Crippen LogP contribution in [0.1, 0.15) is 0 Å². The van der Waals surface area contributed by atoms with E-state index < -0.39 is 23.9 Å². The number of hydrogen-bond acceptors (Lipinski definition) is 3. The molecule has 1 aromatic carbocycles. The van der Waals surface area contributed by atoms with Crippen molar-refractivity contribution in [1.82, 2.24) is 5.32 Å². The van der Waals surface area contributed by atoms with Crippen LogP contribution in [-0.2, 0) is 9.59 Å². The summed E-state index contributed by atoms with van der Waals surface area (Å²) in [6, 6.07) is 3.65. The second-order valence-corrected chi connectivity index (χ2v) is 3.81. The maximum atomic E-state index is 11.7. The van der Waals surface area contributed by atoms with Gasteiger partial charge in [-0.1, -0.05) is 11.6 Å². The van der Waals surface area contributed by atoms with Crippen LogP contribution >= 0.6 is 11.6 Å². The van der Waals surface area contributed by atoms with Crippen molar-refractivity contribution in [3.05, 3.63) is 29.3 Å². The number of halogens is 1. The Morgan fingerprint density at radius 3 is 2.35 bits per heavy atom. The molecule has 1 heterocycles. The molecule has 0 aliphatic carbocycles. The van der Waals surface area contributed by atoms with Crippen LogP contribution in [0.4, 0.5) is 10.5 Å². The quantitative estimate of drug-likeness (QED) is 0.605. The van der Waals surface area contributed by atoms with Gasteiger partial charge in [-0.2, -0.15) is 0 Å². The standard InChI is InChI=1S/C10H7ClN2O4/c11-5-1-3-6(4-2-5)13-8(14)7(9(15)16)12-10(13)17/h1-4,7H,(H,12,17)(H,15,16). The highest BCUT2D eigenvalue weighted by molar-refractivity contribution is 6.31. The minimum atomic E-state index is -1.53. The summed E-state index contributed by atoms with van der Waals surface area (Å²) in [7, 11) is 0. The minimum Gasteiger partial charge on any atom is -0.479 e. The number of carboxylic acid groups (broad SMARTS) is 1. The summed E-state index contributed by atoms with van der Waals surface area (Å²) < 4.78 is 0. The molecule has 1 aliphatic rings. The van der Waals surface area contributed by atoms with Crippen molar-refractivity contribution in [1.29, 1.82) is 0 Å². The average molecular weight is 255 g/mol. The molecular weight excluding hydrogens is 248 g/mol. The van der Waals surface area contributed by atoms with E-state index in [9.17, 15) is 14.4 Å². The van der Waals surface area contributed by atoms with Crippen molar-refractivity contribution in [2.45, 2.75) is 6.04 Å². The number of urea groups is 1. The van der Waals surface area contributed by atoms with E-state index in [4.69, 9.17) is 16.7 Å². The van der Waals surface area contributed by atoms with Gasteiger partial charge in [-0.05, 0) is 24.3 Å². The lowest BCUT2D eigenvalue weighted by Gasteiger charge is -2.12. The maximum Gasteiger partial charge on any atom is 0.336 e. The van der Waals surface area contributed by atoms with E-state index in [1.54, 1.807) is 0 Å². The molecular formula is C10H7ClN2O4. The van der Waals surface area contributed by atoms with Crippen molar-refractivity contribution >= 4 is 35.2 Å². The largest absolute Gasteiger partial charge is 0.479 e. The fraction of sp³-hybridized carbons (Fsp3) is 0.100. The number of rotatable bonds is 2. The van der Waals surface area contributed by atoms with Crippen LogP contribution in [0.15, 0.2) is 24.3 Å². The van der Waals surface area contributed by atoms with Crippen LogP contribution in [0.2, 0.25) is 5.02 Å². The van der Waals surface area contributed by atoms with Crippen molar-refractivity contribution in [3.8, 4) is 0 Å². The van der Waals surface area contributed by atoms with E-state index in [1.807, 2.05) is 0 Å². The highest BCUT2D eigenvalue weighted by atomic mass is 35.5. The Bertz CT molecular complexity index is 500. The molecule has 7 heteroatoms. The summed E-state index contributed by atoms with van der Waals surface area (Å²) in [5.74, 6) is -2.20. The van der Waals surface area contributed by atoms with Crippen molar-refractivity contribution in [2.75, 3.05) is 4.90 Å². The molecule has 6 nitrogen and oxygen atoms in total. The third-order valence-corrected chi connectivity index (χ3v) is 2.52. The van der Waals surface area contributed by atoms with E-state index in [0.717, 1.165) is 4.90 Å². The molecule has 1 atom stereocenters. The number of carbonyl (C=O) groups is 3. The smallest absolute Gasteiger partial charge is 0.336 e. The summed E-state index contributed by atoms with van der Waals surface area (Å²) in [4.78, 5) is 34.6. The first kappa shape index (κ1) is 11.4. The van der Waals surface area contributed by atoms with Gasteiger partial charge in [0.2, 0.25) is 6.04 Å². The van der Waals surface area contributed by atoms with Crippen LogP contribution in [0.25, 0.3) is 0 Å². The van der Waals surface area contributed by atoms with Crippen LogP contribution in [-0.4, -0.2) is 29.1 Å². The maximum absolute atomic E-state index is 11.7. The number of nitrogens with one attached hydrogen (secondary N) is 1. The molecule has 1 saturated heterocycles. The topological polar surface area (TPSA) is 86.7 Å². The van der Waals surface area contributed by atoms with Crippen LogP contribution < -0.4 is 10.2 Å². The summed E-state index contributed by atoms with van der Waals surface area (Å²) in [5.41, 5.74) is 0.278. The Balaban J connectivity index is 2.33. The Morgan fingerprint density at radius 2 is 1.88 bits per heavy atom. The van der Waals surface area contributed by atoms with Gasteiger partial charge in [0.05, 0.1) is 5.69 Å². The zero-order chi connectivity index (χ0) is 12.6. The molecule has 1 aromatic rings. The molecule has 17 heavy (non-hydrogen) atoms. The van der Waals surface area contributed by atoms with Crippen LogP contribution in [0.3, 0.4) is 0 Å². The molecule has 1 unspecified atom stereocenters. The van der Waals surface area contributed by atoms with E-state index in [1.165, 1.54) is 24.3 Å². The molecule has 1 aliphatic heterocycles. The van der Waals surface area contributed by atoms with Gasteiger partial charge in [0, 0.05) is 5.02 Å². The van der Waals surface area contributed by atoms with E-state index >= 15 is 0 Å². The molecule has 0 bridgehead atoms. The SMILES string of the molecule is O=C(O)C1NC(=O)N(c2ccc(Cl)cc2)C1=O. The number of amides is 3. The van der Waals surface area contributed by atoms with Gasteiger partial charge in [-0.15, -0.1) is 0 Å².